The number of esters is 1. The van der Waals surface area contributed by atoms with Crippen molar-refractivity contribution >= 4 is 23.3 Å². The molecule has 1 N–H and O–H groups in total. The molecule has 4 heterocycles. The van der Waals surface area contributed by atoms with Crippen molar-refractivity contribution in [3.8, 4) is 5.82 Å². The minimum atomic E-state index is -0.320. The van der Waals surface area contributed by atoms with E-state index in [9.17, 15) is 4.79 Å². The molecule has 0 spiro atoms. The lowest BCUT2D eigenvalue weighted by atomic mass is 10.0. The number of pyridine rings is 2. The Morgan fingerprint density at radius 3 is 2.77 bits per heavy atom. The number of hydrogen-bond acceptors (Lipinski definition) is 5. The van der Waals surface area contributed by atoms with E-state index >= 15 is 0 Å². The maximum Gasteiger partial charge on any atom is 0.325 e. The van der Waals surface area contributed by atoms with Crippen LogP contribution in [0.15, 0.2) is 61.1 Å². The van der Waals surface area contributed by atoms with Gasteiger partial charge in [-0.1, -0.05) is 12.1 Å². The zero-order valence-corrected chi connectivity index (χ0v) is 17.7. The van der Waals surface area contributed by atoms with E-state index in [1.807, 2.05) is 71.2 Å². The molecule has 0 amide bonds. The molecular weight excluding hydrogens is 398 g/mol. The van der Waals surface area contributed by atoms with Gasteiger partial charge >= 0.3 is 5.97 Å². The van der Waals surface area contributed by atoms with Gasteiger partial charge in [-0.25, -0.2) is 4.98 Å². The minimum absolute atomic E-state index is 0.0557. The van der Waals surface area contributed by atoms with Crippen LogP contribution in [0.1, 0.15) is 36.0 Å². The van der Waals surface area contributed by atoms with Gasteiger partial charge in [0.05, 0.1) is 24.4 Å². The molecule has 3 aromatic heterocycles. The molecule has 0 bridgehead atoms. The molecule has 1 saturated heterocycles. The summed E-state index contributed by atoms with van der Waals surface area (Å²) in [6, 6.07) is 13.3. The third-order valence-corrected chi connectivity index (χ3v) is 5.38. The first-order chi connectivity index (χ1) is 14.6. The maximum absolute atomic E-state index is 12.3. The Morgan fingerprint density at radius 2 is 2.07 bits per heavy atom. The van der Waals surface area contributed by atoms with Crippen LogP contribution in [-0.4, -0.2) is 43.7 Å². The molecule has 1 aliphatic rings. The zero-order valence-electron chi connectivity index (χ0n) is 16.9. The number of carbonyl (C=O) groups is 1. The quantitative estimate of drug-likeness (QED) is 0.484. The number of aryl methyl sites for hydroxylation is 1. The molecule has 0 saturated carbocycles. The summed E-state index contributed by atoms with van der Waals surface area (Å²) in [5.74, 6) is 0.481. The highest BCUT2D eigenvalue weighted by atomic mass is 32.1. The summed E-state index contributed by atoms with van der Waals surface area (Å²) < 4.78 is 7.21. The number of nitrogens with zero attached hydrogens (tertiary/aromatic N) is 4. The molecule has 4 rings (SSSR count). The van der Waals surface area contributed by atoms with Gasteiger partial charge in [-0.3, -0.25) is 9.78 Å². The zero-order chi connectivity index (χ0) is 21.1. The first kappa shape index (κ1) is 20.0. The van der Waals surface area contributed by atoms with E-state index in [4.69, 9.17) is 17.0 Å². The van der Waals surface area contributed by atoms with Gasteiger partial charge in [0, 0.05) is 24.3 Å². The van der Waals surface area contributed by atoms with Gasteiger partial charge in [-0.15, -0.1) is 0 Å². The lowest BCUT2D eigenvalue weighted by molar-refractivity contribution is -0.143. The highest BCUT2D eigenvalue weighted by Gasteiger charge is 2.42. The molecule has 0 radical (unpaired) electrons. The summed E-state index contributed by atoms with van der Waals surface area (Å²) in [6.07, 6.45) is 5.56. The predicted molar refractivity (Wildman–Crippen MR) is 117 cm³/mol. The van der Waals surface area contributed by atoms with Gasteiger partial charge in [0.25, 0.3) is 0 Å². The number of thiocarbonyl (C=S) groups is 1. The lowest BCUT2D eigenvalue weighted by Crippen LogP contribution is -2.36. The van der Waals surface area contributed by atoms with Gasteiger partial charge < -0.3 is 19.5 Å². The number of rotatable bonds is 6. The van der Waals surface area contributed by atoms with E-state index < -0.39 is 0 Å². The van der Waals surface area contributed by atoms with Crippen LogP contribution >= 0.6 is 12.2 Å². The third kappa shape index (κ3) is 3.91. The van der Waals surface area contributed by atoms with E-state index in [-0.39, 0.29) is 24.6 Å². The lowest BCUT2D eigenvalue weighted by Gasteiger charge is -2.28. The van der Waals surface area contributed by atoms with Gasteiger partial charge in [-0.05, 0) is 62.0 Å². The average molecular weight is 422 g/mol. The first-order valence-electron chi connectivity index (χ1n) is 9.82. The fourth-order valence-electron chi connectivity index (χ4n) is 3.69. The Hall–Kier alpha value is -3.26. The molecule has 2 atom stereocenters. The van der Waals surface area contributed by atoms with Gasteiger partial charge in [-0.2, -0.15) is 0 Å². The minimum Gasteiger partial charge on any atom is -0.465 e. The monoisotopic (exact) mass is 421 g/mol. The summed E-state index contributed by atoms with van der Waals surface area (Å²) >= 11 is 5.60. The van der Waals surface area contributed by atoms with Gasteiger partial charge in [0.15, 0.2) is 5.11 Å². The Balaban J connectivity index is 1.77. The van der Waals surface area contributed by atoms with Crippen molar-refractivity contribution in [1.29, 1.82) is 0 Å². The molecule has 0 aliphatic carbocycles. The largest absolute Gasteiger partial charge is 0.465 e. The standard InChI is InChI=1S/C22H23N5O2S/c1-3-29-19(28)14-27-21(20(25-22(27)30)16-7-4-5-11-23-16)17-8-6-12-26(17)18-10-9-15(2)13-24-18/h4-13,20-21H,3,14H2,1-2H3,(H,25,30)/t20-,21+/m0/s1. The second kappa shape index (κ2) is 8.62. The second-order valence-electron chi connectivity index (χ2n) is 7.06. The molecule has 1 fully saturated rings. The summed E-state index contributed by atoms with van der Waals surface area (Å²) in [5, 5.41) is 3.84. The van der Waals surface area contributed by atoms with Crippen LogP contribution in [0.4, 0.5) is 0 Å². The van der Waals surface area contributed by atoms with Crippen LogP contribution in [0, 0.1) is 6.92 Å². The summed E-state index contributed by atoms with van der Waals surface area (Å²) in [4.78, 5) is 23.3. The van der Waals surface area contributed by atoms with Gasteiger partial charge in [0.2, 0.25) is 0 Å². The highest BCUT2D eigenvalue weighted by molar-refractivity contribution is 7.80. The molecule has 7 nitrogen and oxygen atoms in total. The van der Waals surface area contributed by atoms with Crippen molar-refractivity contribution < 1.29 is 9.53 Å². The number of hydrogen-bond donors (Lipinski definition) is 1. The average Bonchev–Trinajstić information content (AvgIpc) is 3.34. The predicted octanol–water partition coefficient (Wildman–Crippen LogP) is 3.11. The molecule has 30 heavy (non-hydrogen) atoms. The van der Waals surface area contributed by atoms with Crippen molar-refractivity contribution in [2.45, 2.75) is 25.9 Å². The summed E-state index contributed by atoms with van der Waals surface area (Å²) in [5.41, 5.74) is 2.89. The van der Waals surface area contributed by atoms with Crippen molar-refractivity contribution in [3.63, 3.8) is 0 Å². The van der Waals surface area contributed by atoms with Crippen LogP contribution in [0.5, 0.6) is 0 Å². The molecule has 154 valence electrons. The number of aromatic nitrogens is 3. The van der Waals surface area contributed by atoms with Crippen molar-refractivity contribution in [2.75, 3.05) is 13.2 Å². The Kier molecular flexibility index (Phi) is 5.76. The van der Waals surface area contributed by atoms with E-state index in [0.717, 1.165) is 22.8 Å². The number of ether oxygens (including phenoxy) is 1. The molecular formula is C22H23N5O2S. The normalized spacial score (nSPS) is 18.3. The fraction of sp³-hybridized carbons (Fsp3) is 0.273. The van der Waals surface area contributed by atoms with Crippen LogP contribution in [0.2, 0.25) is 0 Å². The molecule has 3 aromatic rings. The van der Waals surface area contributed by atoms with Gasteiger partial charge in [0.1, 0.15) is 12.4 Å². The topological polar surface area (TPSA) is 72.3 Å². The van der Waals surface area contributed by atoms with Crippen LogP contribution in [0.25, 0.3) is 5.82 Å². The third-order valence-electron chi connectivity index (χ3n) is 5.03. The smallest absolute Gasteiger partial charge is 0.325 e. The summed E-state index contributed by atoms with van der Waals surface area (Å²) in [7, 11) is 0. The van der Waals surface area contributed by atoms with Crippen molar-refractivity contribution in [3.05, 3.63) is 78.0 Å². The SMILES string of the molecule is CCOC(=O)CN1C(=S)N[C@@H](c2ccccn2)[C@H]1c1cccn1-c1ccc(C)cn1. The van der Waals surface area contributed by atoms with Crippen LogP contribution < -0.4 is 5.32 Å². The summed E-state index contributed by atoms with van der Waals surface area (Å²) in [6.45, 7) is 4.18. The Bertz CT molecular complexity index is 1040. The van der Waals surface area contributed by atoms with E-state index in [1.54, 1.807) is 13.1 Å². The van der Waals surface area contributed by atoms with Crippen molar-refractivity contribution in [1.82, 2.24) is 24.8 Å². The molecule has 8 heteroatoms. The molecule has 1 aliphatic heterocycles. The number of nitrogens with one attached hydrogen (secondary N) is 1. The Labute approximate surface area is 180 Å². The number of carbonyl (C=O) groups excluding carboxylic acids is 1. The second-order valence-corrected chi connectivity index (χ2v) is 7.44. The maximum atomic E-state index is 12.3. The van der Waals surface area contributed by atoms with E-state index in [2.05, 4.69) is 15.3 Å². The van der Waals surface area contributed by atoms with E-state index in [0.29, 0.717) is 11.7 Å². The fourth-order valence-corrected chi connectivity index (χ4v) is 3.99. The Morgan fingerprint density at radius 1 is 1.20 bits per heavy atom. The van der Waals surface area contributed by atoms with Crippen LogP contribution in [0.3, 0.4) is 0 Å². The van der Waals surface area contributed by atoms with Crippen molar-refractivity contribution in [2.24, 2.45) is 0 Å². The highest BCUT2D eigenvalue weighted by Crippen LogP contribution is 2.39. The van der Waals surface area contributed by atoms with Crippen LogP contribution in [-0.2, 0) is 9.53 Å². The van der Waals surface area contributed by atoms with E-state index in [1.165, 1.54) is 0 Å². The molecule has 0 aromatic carbocycles. The molecule has 0 unspecified atom stereocenters. The first-order valence-corrected chi connectivity index (χ1v) is 10.2.